The number of rotatable bonds is 5. The van der Waals surface area contributed by atoms with Crippen LogP contribution in [0.1, 0.15) is 11.1 Å². The van der Waals surface area contributed by atoms with E-state index in [1.54, 1.807) is 14.2 Å². The zero-order chi connectivity index (χ0) is 15.4. The number of nitrogens with zero attached hydrogens (tertiary/aromatic N) is 1. The highest BCUT2D eigenvalue weighted by Crippen LogP contribution is 2.36. The van der Waals surface area contributed by atoms with Gasteiger partial charge in [0.2, 0.25) is 0 Å². The fraction of sp³-hybridized carbons (Fsp3) is 0.647. The molecule has 0 radical (unpaired) electrons. The zero-order valence-electron chi connectivity index (χ0n) is 13.6. The number of fused-ring (bicyclic) bond motifs is 2. The van der Waals surface area contributed by atoms with Gasteiger partial charge in [0.1, 0.15) is 11.9 Å². The summed E-state index contributed by atoms with van der Waals surface area (Å²) in [6.07, 6.45) is 2.23. The van der Waals surface area contributed by atoms with Gasteiger partial charge in [0.15, 0.2) is 0 Å². The van der Waals surface area contributed by atoms with Crippen molar-refractivity contribution in [3.63, 3.8) is 0 Å². The molecule has 0 saturated heterocycles. The Morgan fingerprint density at radius 1 is 1.18 bits per heavy atom. The molecule has 2 heterocycles. The van der Waals surface area contributed by atoms with E-state index in [9.17, 15) is 0 Å². The number of benzene rings is 1. The molecule has 1 aromatic carbocycles. The van der Waals surface area contributed by atoms with Crippen molar-refractivity contribution in [1.29, 1.82) is 0 Å². The van der Waals surface area contributed by atoms with E-state index in [4.69, 9.17) is 14.2 Å². The van der Waals surface area contributed by atoms with E-state index < -0.39 is 0 Å². The second kappa shape index (κ2) is 7.31. The Labute approximate surface area is 132 Å². The Balaban J connectivity index is 1.90. The second-order valence-corrected chi connectivity index (χ2v) is 5.97. The van der Waals surface area contributed by atoms with E-state index in [0.717, 1.165) is 51.4 Å². The van der Waals surface area contributed by atoms with Crippen molar-refractivity contribution in [1.82, 2.24) is 5.32 Å². The van der Waals surface area contributed by atoms with Crippen LogP contribution in [0.5, 0.6) is 5.75 Å². The average molecular weight is 306 g/mol. The van der Waals surface area contributed by atoms with Crippen LogP contribution in [-0.4, -0.2) is 59.7 Å². The summed E-state index contributed by atoms with van der Waals surface area (Å²) in [5, 5.41) is 3.46. The van der Waals surface area contributed by atoms with Crippen LogP contribution >= 0.6 is 0 Å². The topological polar surface area (TPSA) is 43.0 Å². The average Bonchev–Trinajstić information content (AvgIpc) is 2.75. The van der Waals surface area contributed by atoms with Crippen LogP contribution in [0.25, 0.3) is 0 Å². The summed E-state index contributed by atoms with van der Waals surface area (Å²) < 4.78 is 16.7. The fourth-order valence-electron chi connectivity index (χ4n) is 3.28. The molecule has 0 unspecified atom stereocenters. The van der Waals surface area contributed by atoms with Crippen molar-refractivity contribution >= 4 is 5.69 Å². The van der Waals surface area contributed by atoms with Gasteiger partial charge in [-0.05, 0) is 49.2 Å². The minimum absolute atomic E-state index is 0.0799. The van der Waals surface area contributed by atoms with Gasteiger partial charge in [-0.2, -0.15) is 0 Å². The summed E-state index contributed by atoms with van der Waals surface area (Å²) in [7, 11) is 3.47. The minimum Gasteiger partial charge on any atom is -0.484 e. The van der Waals surface area contributed by atoms with Gasteiger partial charge >= 0.3 is 0 Å². The summed E-state index contributed by atoms with van der Waals surface area (Å²) in [6.45, 7) is 5.16. The molecule has 5 heteroatoms. The molecule has 0 spiro atoms. The summed E-state index contributed by atoms with van der Waals surface area (Å²) in [4.78, 5) is 2.37. The van der Waals surface area contributed by atoms with Gasteiger partial charge in [0, 0.05) is 20.8 Å². The van der Waals surface area contributed by atoms with Crippen molar-refractivity contribution in [2.75, 3.05) is 58.5 Å². The van der Waals surface area contributed by atoms with E-state index in [1.165, 1.54) is 16.8 Å². The number of ether oxygens (including phenoxy) is 3. The number of anilines is 1. The maximum atomic E-state index is 6.16. The smallest absolute Gasteiger partial charge is 0.143 e. The Kier molecular flexibility index (Phi) is 5.18. The van der Waals surface area contributed by atoms with Crippen LogP contribution < -0.4 is 15.0 Å². The lowest BCUT2D eigenvalue weighted by Crippen LogP contribution is -2.43. The third-order valence-corrected chi connectivity index (χ3v) is 4.40. The second-order valence-electron chi connectivity index (χ2n) is 5.97. The SMILES string of the molecule is COCCN1C[C@H](COC)Oc2cc3c(cc21)CCNCC3. The summed E-state index contributed by atoms with van der Waals surface area (Å²) in [5.74, 6) is 0.991. The van der Waals surface area contributed by atoms with Gasteiger partial charge in [-0.1, -0.05) is 0 Å². The van der Waals surface area contributed by atoms with E-state index in [1.807, 2.05) is 0 Å². The molecule has 0 amide bonds. The zero-order valence-corrected chi connectivity index (χ0v) is 13.6. The van der Waals surface area contributed by atoms with Crippen molar-refractivity contribution < 1.29 is 14.2 Å². The molecule has 3 rings (SSSR count). The van der Waals surface area contributed by atoms with Crippen LogP contribution in [0.2, 0.25) is 0 Å². The van der Waals surface area contributed by atoms with E-state index in [-0.39, 0.29) is 6.10 Å². The maximum absolute atomic E-state index is 6.16. The fourth-order valence-corrected chi connectivity index (χ4v) is 3.28. The van der Waals surface area contributed by atoms with Crippen molar-refractivity contribution in [2.24, 2.45) is 0 Å². The Morgan fingerprint density at radius 2 is 1.95 bits per heavy atom. The molecular formula is C17H26N2O3. The van der Waals surface area contributed by atoms with E-state index in [2.05, 4.69) is 22.3 Å². The lowest BCUT2D eigenvalue weighted by molar-refractivity contribution is 0.0776. The molecule has 0 aliphatic carbocycles. The molecule has 2 aliphatic heterocycles. The summed E-state index contributed by atoms with van der Waals surface area (Å²) in [6, 6.07) is 4.55. The maximum Gasteiger partial charge on any atom is 0.143 e. The van der Waals surface area contributed by atoms with Gasteiger partial charge in [-0.15, -0.1) is 0 Å². The molecule has 0 aromatic heterocycles. The molecule has 0 saturated carbocycles. The molecule has 122 valence electrons. The first-order valence-electron chi connectivity index (χ1n) is 8.08. The monoisotopic (exact) mass is 306 g/mol. The van der Waals surface area contributed by atoms with E-state index >= 15 is 0 Å². The molecule has 1 atom stereocenters. The highest BCUT2D eigenvalue weighted by Gasteiger charge is 2.27. The largest absolute Gasteiger partial charge is 0.484 e. The first-order chi connectivity index (χ1) is 10.8. The predicted octanol–water partition coefficient (Wildman–Crippen LogP) is 1.24. The molecule has 5 nitrogen and oxygen atoms in total. The van der Waals surface area contributed by atoms with Crippen LogP contribution in [0.4, 0.5) is 5.69 Å². The van der Waals surface area contributed by atoms with Gasteiger partial charge in [0.25, 0.3) is 0 Å². The predicted molar refractivity (Wildman–Crippen MR) is 87.1 cm³/mol. The van der Waals surface area contributed by atoms with Gasteiger partial charge in [-0.3, -0.25) is 0 Å². The third-order valence-electron chi connectivity index (χ3n) is 4.40. The molecule has 22 heavy (non-hydrogen) atoms. The minimum atomic E-state index is 0.0799. The highest BCUT2D eigenvalue weighted by atomic mass is 16.5. The van der Waals surface area contributed by atoms with Crippen molar-refractivity contribution in [3.8, 4) is 5.75 Å². The Bertz CT molecular complexity index is 507. The number of methoxy groups -OCH3 is 2. The lowest BCUT2D eigenvalue weighted by Gasteiger charge is -2.36. The standard InChI is InChI=1S/C17H26N2O3/c1-20-8-7-19-11-15(12-21-2)22-17-10-14-4-6-18-5-3-13(14)9-16(17)19/h9-10,15,18H,3-8,11-12H2,1-2H3/t15-/m1/s1. The summed E-state index contributed by atoms with van der Waals surface area (Å²) in [5.41, 5.74) is 4.05. The first kappa shape index (κ1) is 15.6. The molecule has 0 bridgehead atoms. The molecule has 2 aliphatic rings. The Morgan fingerprint density at radius 3 is 2.68 bits per heavy atom. The number of hydrogen-bond donors (Lipinski definition) is 1. The van der Waals surface area contributed by atoms with Gasteiger partial charge in [-0.25, -0.2) is 0 Å². The van der Waals surface area contributed by atoms with Crippen LogP contribution in [0.15, 0.2) is 12.1 Å². The molecule has 0 fully saturated rings. The first-order valence-corrected chi connectivity index (χ1v) is 8.08. The van der Waals surface area contributed by atoms with Crippen molar-refractivity contribution in [2.45, 2.75) is 18.9 Å². The highest BCUT2D eigenvalue weighted by molar-refractivity contribution is 5.64. The van der Waals surface area contributed by atoms with Gasteiger partial charge < -0.3 is 24.4 Å². The van der Waals surface area contributed by atoms with Crippen LogP contribution in [0, 0.1) is 0 Å². The van der Waals surface area contributed by atoms with E-state index in [0.29, 0.717) is 6.61 Å². The third kappa shape index (κ3) is 3.37. The van der Waals surface area contributed by atoms with Gasteiger partial charge in [0.05, 0.1) is 25.4 Å². The molecule has 1 N–H and O–H groups in total. The number of hydrogen-bond acceptors (Lipinski definition) is 5. The lowest BCUT2D eigenvalue weighted by atomic mass is 10.00. The number of nitrogens with one attached hydrogen (secondary N) is 1. The van der Waals surface area contributed by atoms with Crippen molar-refractivity contribution in [3.05, 3.63) is 23.3 Å². The Hall–Kier alpha value is -1.30. The molecule has 1 aromatic rings. The molecular weight excluding hydrogens is 280 g/mol. The summed E-state index contributed by atoms with van der Waals surface area (Å²) >= 11 is 0. The van der Waals surface area contributed by atoms with Crippen LogP contribution in [0.3, 0.4) is 0 Å². The van der Waals surface area contributed by atoms with Crippen LogP contribution in [-0.2, 0) is 22.3 Å². The quantitative estimate of drug-likeness (QED) is 0.886. The normalized spacial score (nSPS) is 20.8.